The summed E-state index contributed by atoms with van der Waals surface area (Å²) in [5.74, 6) is -0.283. The predicted molar refractivity (Wildman–Crippen MR) is 99.7 cm³/mol. The molecule has 0 aromatic heterocycles. The van der Waals surface area contributed by atoms with Crippen molar-refractivity contribution in [1.29, 1.82) is 0 Å². The van der Waals surface area contributed by atoms with E-state index in [4.69, 9.17) is 4.74 Å². The Morgan fingerprint density at radius 3 is 2.38 bits per heavy atom. The van der Waals surface area contributed by atoms with E-state index in [-0.39, 0.29) is 30.4 Å². The van der Waals surface area contributed by atoms with E-state index in [9.17, 15) is 9.59 Å². The van der Waals surface area contributed by atoms with Gasteiger partial charge in [0.05, 0.1) is 18.6 Å². The van der Waals surface area contributed by atoms with Gasteiger partial charge in [-0.15, -0.1) is 0 Å². The molecule has 0 spiro atoms. The molecule has 26 heavy (non-hydrogen) atoms. The van der Waals surface area contributed by atoms with Crippen molar-refractivity contribution in [1.82, 2.24) is 10.6 Å². The normalized spacial score (nSPS) is 17.5. The summed E-state index contributed by atoms with van der Waals surface area (Å²) in [5, 5.41) is 5.90. The lowest BCUT2D eigenvalue weighted by Gasteiger charge is -2.20. The van der Waals surface area contributed by atoms with Crippen LogP contribution in [-0.2, 0) is 9.53 Å². The molecule has 1 saturated heterocycles. The molecule has 0 unspecified atom stereocenters. The van der Waals surface area contributed by atoms with Crippen LogP contribution >= 0.6 is 0 Å². The van der Waals surface area contributed by atoms with Crippen LogP contribution in [0.25, 0.3) is 0 Å². The molecule has 5 nitrogen and oxygen atoms in total. The lowest BCUT2D eigenvalue weighted by molar-refractivity contribution is -0.122. The summed E-state index contributed by atoms with van der Waals surface area (Å²) in [4.78, 5) is 24.9. The van der Waals surface area contributed by atoms with Gasteiger partial charge >= 0.3 is 0 Å². The molecule has 2 atom stereocenters. The molecule has 2 amide bonds. The zero-order valence-electron chi connectivity index (χ0n) is 14.7. The summed E-state index contributed by atoms with van der Waals surface area (Å²) in [5.41, 5.74) is 1.48. The van der Waals surface area contributed by atoms with Gasteiger partial charge in [0.15, 0.2) is 0 Å². The van der Waals surface area contributed by atoms with Crippen LogP contribution in [0.5, 0.6) is 0 Å². The van der Waals surface area contributed by atoms with Gasteiger partial charge in [-0.3, -0.25) is 9.59 Å². The Bertz CT molecular complexity index is 713. The standard InChI is InChI=1S/C21H24N2O3/c24-20(22-15-18-12-7-13-26-18)14-19(16-8-3-1-4-9-16)23-21(25)17-10-5-2-6-11-17/h1-6,8-11,18-19H,7,12-15H2,(H,22,24)(H,23,25)/t18-,19+/m0/s1. The van der Waals surface area contributed by atoms with Crippen LogP contribution in [0.1, 0.15) is 41.2 Å². The first-order chi connectivity index (χ1) is 12.7. The highest BCUT2D eigenvalue weighted by Crippen LogP contribution is 2.18. The maximum atomic E-state index is 12.5. The number of ether oxygens (including phenoxy) is 1. The number of benzene rings is 2. The van der Waals surface area contributed by atoms with Crippen molar-refractivity contribution in [3.05, 3.63) is 71.8 Å². The van der Waals surface area contributed by atoms with Crippen LogP contribution in [0.4, 0.5) is 0 Å². The maximum absolute atomic E-state index is 12.5. The lowest BCUT2D eigenvalue weighted by Crippen LogP contribution is -2.36. The fraction of sp³-hybridized carbons (Fsp3) is 0.333. The van der Waals surface area contributed by atoms with Crippen molar-refractivity contribution in [2.24, 2.45) is 0 Å². The summed E-state index contributed by atoms with van der Waals surface area (Å²) in [6.45, 7) is 1.29. The fourth-order valence-corrected chi connectivity index (χ4v) is 3.06. The first kappa shape index (κ1) is 18.1. The molecule has 3 rings (SSSR count). The van der Waals surface area contributed by atoms with Crippen LogP contribution < -0.4 is 10.6 Å². The predicted octanol–water partition coefficient (Wildman–Crippen LogP) is 2.84. The number of hydrogen-bond donors (Lipinski definition) is 2. The average Bonchev–Trinajstić information content (AvgIpc) is 3.21. The summed E-state index contributed by atoms with van der Waals surface area (Å²) < 4.78 is 5.53. The van der Waals surface area contributed by atoms with Gasteiger partial charge < -0.3 is 15.4 Å². The van der Waals surface area contributed by atoms with Crippen molar-refractivity contribution in [2.75, 3.05) is 13.2 Å². The van der Waals surface area contributed by atoms with Gasteiger partial charge in [-0.05, 0) is 30.5 Å². The Balaban J connectivity index is 1.63. The molecule has 1 aliphatic rings. The SMILES string of the molecule is O=C(C[C@@H](NC(=O)c1ccccc1)c1ccccc1)NC[C@@H]1CCCO1. The quantitative estimate of drug-likeness (QED) is 0.805. The third-order valence-corrected chi connectivity index (χ3v) is 4.48. The highest BCUT2D eigenvalue weighted by Gasteiger charge is 2.21. The van der Waals surface area contributed by atoms with Crippen LogP contribution in [0.2, 0.25) is 0 Å². The van der Waals surface area contributed by atoms with E-state index in [1.807, 2.05) is 48.5 Å². The molecule has 0 saturated carbocycles. The summed E-state index contributed by atoms with van der Waals surface area (Å²) >= 11 is 0. The van der Waals surface area contributed by atoms with E-state index >= 15 is 0 Å². The van der Waals surface area contributed by atoms with E-state index in [1.165, 1.54) is 0 Å². The van der Waals surface area contributed by atoms with Crippen molar-refractivity contribution in [2.45, 2.75) is 31.4 Å². The Labute approximate surface area is 153 Å². The van der Waals surface area contributed by atoms with Gasteiger partial charge in [0.25, 0.3) is 5.91 Å². The minimum Gasteiger partial charge on any atom is -0.376 e. The third-order valence-electron chi connectivity index (χ3n) is 4.48. The molecule has 0 aliphatic carbocycles. The second-order valence-corrected chi connectivity index (χ2v) is 6.45. The average molecular weight is 352 g/mol. The molecular formula is C21H24N2O3. The highest BCUT2D eigenvalue weighted by molar-refractivity contribution is 5.94. The highest BCUT2D eigenvalue weighted by atomic mass is 16.5. The Hall–Kier alpha value is -2.66. The number of carbonyl (C=O) groups excluding carboxylic acids is 2. The lowest BCUT2D eigenvalue weighted by atomic mass is 10.0. The summed E-state index contributed by atoms with van der Waals surface area (Å²) in [6.07, 6.45) is 2.32. The molecule has 2 aromatic rings. The largest absolute Gasteiger partial charge is 0.376 e. The zero-order chi connectivity index (χ0) is 18.2. The second-order valence-electron chi connectivity index (χ2n) is 6.45. The minimum atomic E-state index is -0.381. The van der Waals surface area contributed by atoms with Gasteiger partial charge in [0, 0.05) is 18.7 Å². The third kappa shape index (κ3) is 5.17. The van der Waals surface area contributed by atoms with E-state index in [0.29, 0.717) is 12.1 Å². The first-order valence-electron chi connectivity index (χ1n) is 9.01. The van der Waals surface area contributed by atoms with E-state index in [1.54, 1.807) is 12.1 Å². The maximum Gasteiger partial charge on any atom is 0.251 e. The molecule has 2 N–H and O–H groups in total. The topological polar surface area (TPSA) is 67.4 Å². The van der Waals surface area contributed by atoms with E-state index in [0.717, 1.165) is 25.0 Å². The minimum absolute atomic E-state index is 0.0947. The Kier molecular flexibility index (Phi) is 6.39. The Morgan fingerprint density at radius 1 is 1.04 bits per heavy atom. The summed E-state index contributed by atoms with van der Waals surface area (Å²) in [6, 6.07) is 18.2. The molecule has 0 bridgehead atoms. The number of nitrogens with one attached hydrogen (secondary N) is 2. The Morgan fingerprint density at radius 2 is 1.73 bits per heavy atom. The van der Waals surface area contributed by atoms with Crippen molar-refractivity contribution < 1.29 is 14.3 Å². The number of rotatable bonds is 7. The number of hydrogen-bond acceptors (Lipinski definition) is 3. The number of carbonyl (C=O) groups is 2. The second kappa shape index (κ2) is 9.15. The molecule has 1 heterocycles. The first-order valence-corrected chi connectivity index (χ1v) is 9.01. The van der Waals surface area contributed by atoms with Crippen LogP contribution in [-0.4, -0.2) is 31.1 Å². The van der Waals surface area contributed by atoms with Gasteiger partial charge in [-0.25, -0.2) is 0 Å². The van der Waals surface area contributed by atoms with Gasteiger partial charge in [-0.2, -0.15) is 0 Å². The summed E-state index contributed by atoms with van der Waals surface area (Å²) in [7, 11) is 0. The number of amides is 2. The van der Waals surface area contributed by atoms with Crippen LogP contribution in [0.15, 0.2) is 60.7 Å². The molecule has 1 aliphatic heterocycles. The van der Waals surface area contributed by atoms with Gasteiger partial charge in [-0.1, -0.05) is 48.5 Å². The molecular weight excluding hydrogens is 328 g/mol. The molecule has 5 heteroatoms. The van der Waals surface area contributed by atoms with E-state index in [2.05, 4.69) is 10.6 Å². The molecule has 2 aromatic carbocycles. The van der Waals surface area contributed by atoms with Gasteiger partial charge in [0.1, 0.15) is 0 Å². The zero-order valence-corrected chi connectivity index (χ0v) is 14.7. The monoisotopic (exact) mass is 352 g/mol. The van der Waals surface area contributed by atoms with Crippen molar-refractivity contribution >= 4 is 11.8 Å². The molecule has 0 radical (unpaired) electrons. The van der Waals surface area contributed by atoms with Crippen molar-refractivity contribution in [3.63, 3.8) is 0 Å². The van der Waals surface area contributed by atoms with Crippen molar-refractivity contribution in [3.8, 4) is 0 Å². The smallest absolute Gasteiger partial charge is 0.251 e. The van der Waals surface area contributed by atoms with Crippen LogP contribution in [0, 0.1) is 0 Å². The van der Waals surface area contributed by atoms with Gasteiger partial charge in [0.2, 0.25) is 5.91 Å². The fourth-order valence-electron chi connectivity index (χ4n) is 3.06. The van der Waals surface area contributed by atoms with E-state index < -0.39 is 0 Å². The molecule has 136 valence electrons. The molecule has 1 fully saturated rings. The van der Waals surface area contributed by atoms with Crippen LogP contribution in [0.3, 0.4) is 0 Å².